The Morgan fingerprint density at radius 1 is 1.33 bits per heavy atom. The molecule has 18 heavy (non-hydrogen) atoms. The lowest BCUT2D eigenvalue weighted by Gasteiger charge is -2.25. The third kappa shape index (κ3) is 2.62. The van der Waals surface area contributed by atoms with Gasteiger partial charge < -0.3 is 9.84 Å². The highest BCUT2D eigenvalue weighted by Crippen LogP contribution is 2.19. The summed E-state index contributed by atoms with van der Waals surface area (Å²) in [6, 6.07) is 8.10. The molecule has 1 saturated heterocycles. The first kappa shape index (κ1) is 11.9. The van der Waals surface area contributed by atoms with Crippen LogP contribution in [0, 0.1) is 5.92 Å². The Labute approximate surface area is 114 Å². The molecule has 94 valence electrons. The summed E-state index contributed by atoms with van der Waals surface area (Å²) in [7, 11) is 0. The first-order chi connectivity index (χ1) is 8.81. The van der Waals surface area contributed by atoms with Gasteiger partial charge in [-0.3, -0.25) is 0 Å². The van der Waals surface area contributed by atoms with Crippen LogP contribution < -0.4 is 5.32 Å². The van der Waals surface area contributed by atoms with Gasteiger partial charge >= 0.3 is 0 Å². The number of halogens is 1. The van der Waals surface area contributed by atoms with Gasteiger partial charge in [0.15, 0.2) is 5.82 Å². The van der Waals surface area contributed by atoms with Crippen molar-refractivity contribution in [2.24, 2.45) is 5.92 Å². The molecule has 1 N–H and O–H groups in total. The standard InChI is InChI=1S/C13H14BrN3O/c14-11-4-2-1-3-10(11)6-12-16-13(18-17-12)5-9-7-15-8-9/h1-4,9,15H,5-8H2. The van der Waals surface area contributed by atoms with Crippen LogP contribution in [0.15, 0.2) is 33.3 Å². The van der Waals surface area contributed by atoms with Crippen molar-refractivity contribution >= 4 is 15.9 Å². The van der Waals surface area contributed by atoms with Gasteiger partial charge in [-0.15, -0.1) is 0 Å². The predicted octanol–water partition coefficient (Wildman–Crippen LogP) is 2.18. The molecule has 5 heteroatoms. The summed E-state index contributed by atoms with van der Waals surface area (Å²) in [6.07, 6.45) is 1.59. The van der Waals surface area contributed by atoms with Crippen molar-refractivity contribution in [3.63, 3.8) is 0 Å². The van der Waals surface area contributed by atoms with Crippen LogP contribution in [0.4, 0.5) is 0 Å². The lowest BCUT2D eigenvalue weighted by molar-refractivity contribution is 0.295. The molecule has 1 aromatic heterocycles. The monoisotopic (exact) mass is 307 g/mol. The number of nitrogens with one attached hydrogen (secondary N) is 1. The molecule has 1 fully saturated rings. The van der Waals surface area contributed by atoms with E-state index in [0.29, 0.717) is 12.3 Å². The maximum absolute atomic E-state index is 5.28. The summed E-state index contributed by atoms with van der Waals surface area (Å²) in [4.78, 5) is 4.44. The molecular formula is C13H14BrN3O. The van der Waals surface area contributed by atoms with E-state index in [9.17, 15) is 0 Å². The SMILES string of the molecule is Brc1ccccc1Cc1noc(CC2CNC2)n1. The number of hydrogen-bond donors (Lipinski definition) is 1. The lowest BCUT2D eigenvalue weighted by atomic mass is 10.00. The molecular weight excluding hydrogens is 294 g/mol. The van der Waals surface area contributed by atoms with Crippen molar-refractivity contribution in [2.45, 2.75) is 12.8 Å². The third-order valence-corrected chi connectivity index (χ3v) is 3.92. The number of rotatable bonds is 4. The van der Waals surface area contributed by atoms with E-state index in [4.69, 9.17) is 4.52 Å². The zero-order chi connectivity index (χ0) is 12.4. The molecule has 0 unspecified atom stereocenters. The van der Waals surface area contributed by atoms with E-state index in [0.717, 1.165) is 35.7 Å². The quantitative estimate of drug-likeness (QED) is 0.940. The maximum Gasteiger partial charge on any atom is 0.227 e. The number of aromatic nitrogens is 2. The highest BCUT2D eigenvalue weighted by atomic mass is 79.9. The Morgan fingerprint density at radius 2 is 2.17 bits per heavy atom. The van der Waals surface area contributed by atoms with Crippen LogP contribution in [0.25, 0.3) is 0 Å². The second-order valence-electron chi connectivity index (χ2n) is 4.60. The van der Waals surface area contributed by atoms with Gasteiger partial charge in [0.25, 0.3) is 0 Å². The van der Waals surface area contributed by atoms with Crippen molar-refractivity contribution in [3.8, 4) is 0 Å². The van der Waals surface area contributed by atoms with Crippen molar-refractivity contribution in [2.75, 3.05) is 13.1 Å². The van der Waals surface area contributed by atoms with E-state index in [1.165, 1.54) is 5.56 Å². The van der Waals surface area contributed by atoms with Gasteiger partial charge in [-0.2, -0.15) is 4.98 Å². The van der Waals surface area contributed by atoms with Crippen LogP contribution in [0.5, 0.6) is 0 Å². The van der Waals surface area contributed by atoms with Crippen molar-refractivity contribution in [1.29, 1.82) is 0 Å². The normalized spacial score (nSPS) is 15.6. The van der Waals surface area contributed by atoms with Crippen molar-refractivity contribution in [1.82, 2.24) is 15.5 Å². The number of benzene rings is 1. The van der Waals surface area contributed by atoms with Gasteiger partial charge in [0, 0.05) is 17.3 Å². The highest BCUT2D eigenvalue weighted by molar-refractivity contribution is 9.10. The van der Waals surface area contributed by atoms with Gasteiger partial charge in [0.2, 0.25) is 5.89 Å². The summed E-state index contributed by atoms with van der Waals surface area (Å²) in [5, 5.41) is 7.28. The van der Waals surface area contributed by atoms with Gasteiger partial charge in [-0.1, -0.05) is 39.3 Å². The average Bonchev–Trinajstić information content (AvgIpc) is 2.75. The molecule has 0 bridgehead atoms. The molecule has 0 aliphatic carbocycles. The zero-order valence-corrected chi connectivity index (χ0v) is 11.5. The molecule has 3 rings (SSSR count). The predicted molar refractivity (Wildman–Crippen MR) is 71.3 cm³/mol. The Kier molecular flexibility index (Phi) is 3.43. The second-order valence-corrected chi connectivity index (χ2v) is 5.46. The molecule has 0 amide bonds. The summed E-state index contributed by atoms with van der Waals surface area (Å²) in [6.45, 7) is 2.11. The molecule has 0 saturated carbocycles. The van der Waals surface area contributed by atoms with Crippen LogP contribution in [0.3, 0.4) is 0 Å². The largest absolute Gasteiger partial charge is 0.339 e. The van der Waals surface area contributed by atoms with E-state index in [-0.39, 0.29) is 0 Å². The van der Waals surface area contributed by atoms with Gasteiger partial charge in [0.1, 0.15) is 0 Å². The molecule has 1 aliphatic rings. The van der Waals surface area contributed by atoms with Gasteiger partial charge in [-0.25, -0.2) is 0 Å². The van der Waals surface area contributed by atoms with Gasteiger partial charge in [0.05, 0.1) is 0 Å². The number of hydrogen-bond acceptors (Lipinski definition) is 4. The lowest BCUT2D eigenvalue weighted by Crippen LogP contribution is -2.43. The van der Waals surface area contributed by atoms with Crippen LogP contribution >= 0.6 is 15.9 Å². The Bertz CT molecular complexity index is 537. The van der Waals surface area contributed by atoms with Crippen LogP contribution in [0.1, 0.15) is 17.3 Å². The highest BCUT2D eigenvalue weighted by Gasteiger charge is 2.20. The zero-order valence-electron chi connectivity index (χ0n) is 9.90. The average molecular weight is 308 g/mol. The third-order valence-electron chi connectivity index (χ3n) is 3.15. The van der Waals surface area contributed by atoms with Crippen LogP contribution in [0.2, 0.25) is 0 Å². The van der Waals surface area contributed by atoms with Crippen LogP contribution in [-0.2, 0) is 12.8 Å². The molecule has 0 radical (unpaired) electrons. The minimum Gasteiger partial charge on any atom is -0.339 e. The van der Waals surface area contributed by atoms with E-state index < -0.39 is 0 Å². The summed E-state index contributed by atoms with van der Waals surface area (Å²) >= 11 is 3.53. The van der Waals surface area contributed by atoms with E-state index >= 15 is 0 Å². The second kappa shape index (κ2) is 5.20. The smallest absolute Gasteiger partial charge is 0.227 e. The maximum atomic E-state index is 5.28. The van der Waals surface area contributed by atoms with E-state index in [1.54, 1.807) is 0 Å². The molecule has 0 spiro atoms. The molecule has 2 aromatic rings. The summed E-state index contributed by atoms with van der Waals surface area (Å²) in [5.41, 5.74) is 1.18. The van der Waals surface area contributed by atoms with E-state index in [2.05, 4.69) is 37.5 Å². The molecule has 2 heterocycles. The Hall–Kier alpha value is -1.20. The molecule has 0 atom stereocenters. The minimum atomic E-state index is 0.654. The number of nitrogens with zero attached hydrogens (tertiary/aromatic N) is 2. The first-order valence-corrected chi connectivity index (χ1v) is 6.86. The van der Waals surface area contributed by atoms with E-state index in [1.807, 2.05) is 18.2 Å². The van der Waals surface area contributed by atoms with Crippen LogP contribution in [-0.4, -0.2) is 23.2 Å². The first-order valence-electron chi connectivity index (χ1n) is 6.07. The molecule has 1 aliphatic heterocycles. The fourth-order valence-electron chi connectivity index (χ4n) is 2.00. The molecule has 1 aromatic carbocycles. The van der Waals surface area contributed by atoms with Crippen molar-refractivity contribution in [3.05, 3.63) is 46.0 Å². The fourth-order valence-corrected chi connectivity index (χ4v) is 2.42. The molecule has 4 nitrogen and oxygen atoms in total. The Morgan fingerprint density at radius 3 is 2.89 bits per heavy atom. The summed E-state index contributed by atoms with van der Waals surface area (Å²) < 4.78 is 6.36. The topological polar surface area (TPSA) is 51.0 Å². The fraction of sp³-hybridized carbons (Fsp3) is 0.385. The Balaban J connectivity index is 1.67. The van der Waals surface area contributed by atoms with Gasteiger partial charge in [-0.05, 0) is 30.6 Å². The minimum absolute atomic E-state index is 0.654. The van der Waals surface area contributed by atoms with Crippen molar-refractivity contribution < 1.29 is 4.52 Å². The summed E-state index contributed by atoms with van der Waals surface area (Å²) in [5.74, 6) is 2.16.